The molecule has 5 nitrogen and oxygen atoms in total. The average molecular weight is 486 g/mol. The van der Waals surface area contributed by atoms with E-state index >= 15 is 0 Å². The van der Waals surface area contributed by atoms with E-state index in [1.807, 2.05) is 23.1 Å². The number of carbonyl (C=O) groups excluding carboxylic acids is 1. The molecule has 0 aliphatic carbocycles. The number of rotatable bonds is 9. The van der Waals surface area contributed by atoms with Crippen molar-refractivity contribution in [3.05, 3.63) is 95.1 Å². The molecule has 1 saturated heterocycles. The molecule has 1 aliphatic rings. The molecule has 5 rings (SSSR count). The highest BCUT2D eigenvalue weighted by Gasteiger charge is 2.33. The maximum atomic E-state index is 13.3. The van der Waals surface area contributed by atoms with Crippen LogP contribution in [0.25, 0.3) is 11.0 Å². The molecule has 0 radical (unpaired) electrons. The van der Waals surface area contributed by atoms with E-state index in [1.165, 1.54) is 12.1 Å². The maximum absolute atomic E-state index is 13.3. The van der Waals surface area contributed by atoms with Crippen molar-refractivity contribution in [2.45, 2.75) is 52.1 Å². The number of hydrogen-bond acceptors (Lipinski definition) is 3. The van der Waals surface area contributed by atoms with Gasteiger partial charge in [0.2, 0.25) is 5.91 Å². The summed E-state index contributed by atoms with van der Waals surface area (Å²) in [7, 11) is 0. The SMILES string of the molecule is Cc1cccc(C)c1OCCCCn1c(C2CC(=O)N(Cc3ccc(F)cc3)C2)nc2ccccc21. The third kappa shape index (κ3) is 5.13. The number of fused-ring (bicyclic) bond motifs is 1. The van der Waals surface area contributed by atoms with Crippen LogP contribution >= 0.6 is 0 Å². The second-order valence-electron chi connectivity index (χ2n) is 9.69. The van der Waals surface area contributed by atoms with E-state index in [1.54, 1.807) is 12.1 Å². The summed E-state index contributed by atoms with van der Waals surface area (Å²) >= 11 is 0. The summed E-state index contributed by atoms with van der Waals surface area (Å²) in [5.74, 6) is 1.84. The van der Waals surface area contributed by atoms with E-state index < -0.39 is 0 Å². The van der Waals surface area contributed by atoms with Crippen LogP contribution in [0.2, 0.25) is 0 Å². The second-order valence-corrected chi connectivity index (χ2v) is 9.69. The molecule has 1 aromatic heterocycles. The van der Waals surface area contributed by atoms with Gasteiger partial charge < -0.3 is 14.2 Å². The first kappa shape index (κ1) is 24.0. The summed E-state index contributed by atoms with van der Waals surface area (Å²) < 4.78 is 21.7. The predicted octanol–water partition coefficient (Wildman–Crippen LogP) is 6.17. The summed E-state index contributed by atoms with van der Waals surface area (Å²) in [5.41, 5.74) is 5.32. The molecule has 1 unspecified atom stereocenters. The fourth-order valence-corrected chi connectivity index (χ4v) is 5.12. The van der Waals surface area contributed by atoms with E-state index in [0.717, 1.165) is 58.7 Å². The molecule has 3 aromatic carbocycles. The number of imidazole rings is 1. The Hall–Kier alpha value is -3.67. The number of para-hydroxylation sites is 3. The molecule has 1 fully saturated rings. The molecule has 36 heavy (non-hydrogen) atoms. The molecule has 4 aromatic rings. The van der Waals surface area contributed by atoms with E-state index in [4.69, 9.17) is 9.72 Å². The Morgan fingerprint density at radius 2 is 1.72 bits per heavy atom. The Labute approximate surface area is 211 Å². The van der Waals surface area contributed by atoms with Crippen molar-refractivity contribution >= 4 is 16.9 Å². The lowest BCUT2D eigenvalue weighted by atomic mass is 10.1. The topological polar surface area (TPSA) is 47.4 Å². The van der Waals surface area contributed by atoms with Crippen LogP contribution in [0.1, 0.15) is 47.7 Å². The van der Waals surface area contributed by atoms with Crippen molar-refractivity contribution in [3.8, 4) is 5.75 Å². The van der Waals surface area contributed by atoms with Crippen molar-refractivity contribution in [1.82, 2.24) is 14.5 Å². The van der Waals surface area contributed by atoms with E-state index in [0.29, 0.717) is 26.1 Å². The number of ether oxygens (including phenoxy) is 1. The van der Waals surface area contributed by atoms with Gasteiger partial charge in [-0.25, -0.2) is 9.37 Å². The standard InChI is InChI=1S/C30H32FN3O2/c1-21-8-7-9-22(2)29(21)36-17-6-5-16-34-27-11-4-3-10-26(27)32-30(34)24-18-28(35)33(20-24)19-23-12-14-25(31)15-13-23/h3-4,7-15,24H,5-6,16-20H2,1-2H3. The number of likely N-dealkylation sites (tertiary alicyclic amines) is 1. The van der Waals surface area contributed by atoms with Crippen LogP contribution in [0.15, 0.2) is 66.7 Å². The fraction of sp³-hybridized carbons (Fsp3) is 0.333. The van der Waals surface area contributed by atoms with Crippen molar-refractivity contribution in [1.29, 1.82) is 0 Å². The van der Waals surface area contributed by atoms with Crippen molar-refractivity contribution in [2.75, 3.05) is 13.2 Å². The summed E-state index contributed by atoms with van der Waals surface area (Å²) in [6.45, 7) is 6.76. The van der Waals surface area contributed by atoms with Crippen LogP contribution in [0.4, 0.5) is 4.39 Å². The average Bonchev–Trinajstić information content (AvgIpc) is 3.42. The lowest BCUT2D eigenvalue weighted by molar-refractivity contribution is -0.128. The number of unbranched alkanes of at least 4 members (excludes halogenated alkanes) is 1. The van der Waals surface area contributed by atoms with Crippen molar-refractivity contribution < 1.29 is 13.9 Å². The van der Waals surface area contributed by atoms with E-state index in [-0.39, 0.29) is 17.6 Å². The number of aryl methyl sites for hydroxylation is 3. The Kier molecular flexibility index (Phi) is 7.03. The molecule has 1 atom stereocenters. The highest BCUT2D eigenvalue weighted by atomic mass is 19.1. The minimum Gasteiger partial charge on any atom is -0.493 e. The first-order valence-corrected chi connectivity index (χ1v) is 12.7. The predicted molar refractivity (Wildman–Crippen MR) is 140 cm³/mol. The number of nitrogens with zero attached hydrogens (tertiary/aromatic N) is 3. The molecule has 1 aliphatic heterocycles. The molecular weight excluding hydrogens is 453 g/mol. The highest BCUT2D eigenvalue weighted by molar-refractivity contribution is 5.81. The molecule has 2 heterocycles. The zero-order valence-corrected chi connectivity index (χ0v) is 20.9. The normalized spacial score (nSPS) is 15.7. The van der Waals surface area contributed by atoms with Crippen LogP contribution in [-0.2, 0) is 17.9 Å². The lowest BCUT2D eigenvalue weighted by Crippen LogP contribution is -2.24. The molecule has 0 bridgehead atoms. The molecule has 186 valence electrons. The number of hydrogen-bond donors (Lipinski definition) is 0. The zero-order valence-electron chi connectivity index (χ0n) is 20.9. The third-order valence-electron chi connectivity index (χ3n) is 6.98. The number of carbonyl (C=O) groups is 1. The first-order chi connectivity index (χ1) is 17.5. The second kappa shape index (κ2) is 10.5. The minimum atomic E-state index is -0.266. The van der Waals surface area contributed by atoms with Gasteiger partial charge in [0.1, 0.15) is 17.4 Å². The summed E-state index contributed by atoms with van der Waals surface area (Å²) in [6, 6.07) is 20.8. The Morgan fingerprint density at radius 3 is 2.50 bits per heavy atom. The Bertz CT molecular complexity index is 1340. The van der Waals surface area contributed by atoms with Crippen LogP contribution in [0.3, 0.4) is 0 Å². The summed E-state index contributed by atoms with van der Waals surface area (Å²) in [4.78, 5) is 19.7. The van der Waals surface area contributed by atoms with Gasteiger partial charge in [-0.1, -0.05) is 42.5 Å². The largest absolute Gasteiger partial charge is 0.493 e. The van der Waals surface area contributed by atoms with Gasteiger partial charge in [-0.15, -0.1) is 0 Å². The summed E-state index contributed by atoms with van der Waals surface area (Å²) in [6.07, 6.45) is 2.33. The van der Waals surface area contributed by atoms with Gasteiger partial charge in [-0.3, -0.25) is 4.79 Å². The van der Waals surface area contributed by atoms with Crippen LogP contribution in [0.5, 0.6) is 5.75 Å². The molecule has 6 heteroatoms. The lowest BCUT2D eigenvalue weighted by Gasteiger charge is -2.17. The molecule has 0 saturated carbocycles. The Balaban J connectivity index is 1.26. The molecule has 0 N–H and O–H groups in total. The van der Waals surface area contributed by atoms with Crippen molar-refractivity contribution in [3.63, 3.8) is 0 Å². The minimum absolute atomic E-state index is 0.0382. The monoisotopic (exact) mass is 485 g/mol. The van der Waals surface area contributed by atoms with Gasteiger partial charge in [0, 0.05) is 32.0 Å². The van der Waals surface area contributed by atoms with Crippen LogP contribution in [0, 0.1) is 19.7 Å². The van der Waals surface area contributed by atoms with Gasteiger partial charge in [-0.05, 0) is 67.6 Å². The quantitative estimate of drug-likeness (QED) is 0.267. The molecule has 1 amide bonds. The number of benzene rings is 3. The van der Waals surface area contributed by atoms with Gasteiger partial charge >= 0.3 is 0 Å². The Morgan fingerprint density at radius 1 is 0.972 bits per heavy atom. The first-order valence-electron chi connectivity index (χ1n) is 12.7. The van der Waals surface area contributed by atoms with Crippen LogP contribution in [-0.4, -0.2) is 33.5 Å². The van der Waals surface area contributed by atoms with Gasteiger partial charge in [0.05, 0.1) is 17.6 Å². The maximum Gasteiger partial charge on any atom is 0.223 e. The third-order valence-corrected chi connectivity index (χ3v) is 6.98. The van der Waals surface area contributed by atoms with Gasteiger partial charge in [0.25, 0.3) is 0 Å². The van der Waals surface area contributed by atoms with Gasteiger partial charge in [-0.2, -0.15) is 0 Å². The fourth-order valence-electron chi connectivity index (χ4n) is 5.12. The van der Waals surface area contributed by atoms with E-state index in [9.17, 15) is 9.18 Å². The smallest absolute Gasteiger partial charge is 0.223 e. The van der Waals surface area contributed by atoms with Gasteiger partial charge in [0.15, 0.2) is 0 Å². The number of aromatic nitrogens is 2. The number of halogens is 1. The number of amides is 1. The van der Waals surface area contributed by atoms with Crippen LogP contribution < -0.4 is 4.74 Å². The highest BCUT2D eigenvalue weighted by Crippen LogP contribution is 2.31. The van der Waals surface area contributed by atoms with E-state index in [2.05, 4.69) is 42.7 Å². The zero-order chi connectivity index (χ0) is 25.1. The molecule has 0 spiro atoms. The van der Waals surface area contributed by atoms with Crippen molar-refractivity contribution in [2.24, 2.45) is 0 Å². The summed E-state index contributed by atoms with van der Waals surface area (Å²) in [5, 5.41) is 0. The molecular formula is C30H32FN3O2.